The molecule has 0 spiro atoms. The van der Waals surface area contributed by atoms with Gasteiger partial charge in [0.2, 0.25) is 11.8 Å². The summed E-state index contributed by atoms with van der Waals surface area (Å²) in [5.41, 5.74) is 6.49. The Balaban J connectivity index is 1.66. The monoisotopic (exact) mass is 343 g/mol. The molecule has 1 amide bonds. The summed E-state index contributed by atoms with van der Waals surface area (Å²) in [6.45, 7) is 0.851. The van der Waals surface area contributed by atoms with Crippen LogP contribution in [0.15, 0.2) is 42.6 Å². The molecular weight excluding hydrogens is 321 g/mol. The second-order valence-corrected chi connectivity index (χ2v) is 6.28. The molecule has 0 unspecified atom stereocenters. The van der Waals surface area contributed by atoms with Crippen LogP contribution in [0, 0.1) is 17.7 Å². The third-order valence-electron chi connectivity index (χ3n) is 4.61. The van der Waals surface area contributed by atoms with E-state index in [-0.39, 0.29) is 23.6 Å². The molecule has 25 heavy (non-hydrogen) atoms. The van der Waals surface area contributed by atoms with Crippen molar-refractivity contribution in [3.63, 3.8) is 0 Å². The van der Waals surface area contributed by atoms with Crippen molar-refractivity contribution in [2.45, 2.75) is 25.8 Å². The molecule has 0 aliphatic heterocycles. The number of aromatic nitrogens is 1. The van der Waals surface area contributed by atoms with Crippen LogP contribution in [0.3, 0.4) is 0 Å². The fourth-order valence-corrected chi connectivity index (χ4v) is 3.27. The summed E-state index contributed by atoms with van der Waals surface area (Å²) in [5.74, 6) is 0.609. The van der Waals surface area contributed by atoms with Gasteiger partial charge in [-0.05, 0) is 43.5 Å². The Hall–Kier alpha value is -2.47. The van der Waals surface area contributed by atoms with Crippen LogP contribution < -0.4 is 15.8 Å². The average molecular weight is 343 g/mol. The molecule has 132 valence electrons. The molecule has 3 rings (SSSR count). The second-order valence-electron chi connectivity index (χ2n) is 6.28. The molecule has 2 aromatic rings. The fraction of sp³-hybridized carbons (Fsp3) is 0.368. The highest BCUT2D eigenvalue weighted by Crippen LogP contribution is 2.31. The number of nitrogens with zero attached hydrogens (tertiary/aromatic N) is 1. The number of hydrogen-bond acceptors (Lipinski definition) is 4. The largest absolute Gasteiger partial charge is 0.439 e. The number of nitrogens with two attached hydrogens (primary N) is 1. The topological polar surface area (TPSA) is 77.2 Å². The normalized spacial score (nSPS) is 19.6. The van der Waals surface area contributed by atoms with E-state index in [4.69, 9.17) is 10.5 Å². The van der Waals surface area contributed by atoms with Gasteiger partial charge in [0, 0.05) is 30.3 Å². The Morgan fingerprint density at radius 3 is 3.00 bits per heavy atom. The quantitative estimate of drug-likeness (QED) is 0.845. The van der Waals surface area contributed by atoms with Gasteiger partial charge in [-0.15, -0.1) is 0 Å². The molecule has 6 heteroatoms. The van der Waals surface area contributed by atoms with Crippen molar-refractivity contribution in [1.82, 2.24) is 10.3 Å². The molecule has 0 bridgehead atoms. The Bertz CT molecular complexity index is 738. The summed E-state index contributed by atoms with van der Waals surface area (Å²) in [6, 6.07) is 9.48. The van der Waals surface area contributed by atoms with Gasteiger partial charge < -0.3 is 15.8 Å². The number of carbonyl (C=O) groups excluding carboxylic acids is 1. The maximum atomic E-state index is 13.3. The molecule has 1 saturated carbocycles. The van der Waals surface area contributed by atoms with Gasteiger partial charge in [-0.3, -0.25) is 4.79 Å². The SMILES string of the molecule is NC[C@H]1CCC[C@H]1C(=O)NCc1cccnc1Oc1cccc(F)c1. The zero-order chi connectivity index (χ0) is 17.6. The van der Waals surface area contributed by atoms with Gasteiger partial charge in [-0.1, -0.05) is 18.6 Å². The first-order valence-electron chi connectivity index (χ1n) is 8.52. The van der Waals surface area contributed by atoms with Crippen LogP contribution in [0.25, 0.3) is 0 Å². The van der Waals surface area contributed by atoms with Crippen LogP contribution in [-0.4, -0.2) is 17.4 Å². The van der Waals surface area contributed by atoms with Crippen molar-refractivity contribution in [2.24, 2.45) is 17.6 Å². The van der Waals surface area contributed by atoms with E-state index >= 15 is 0 Å². The lowest BCUT2D eigenvalue weighted by Gasteiger charge is -2.18. The Morgan fingerprint density at radius 1 is 1.32 bits per heavy atom. The maximum absolute atomic E-state index is 13.3. The van der Waals surface area contributed by atoms with E-state index in [9.17, 15) is 9.18 Å². The summed E-state index contributed by atoms with van der Waals surface area (Å²) < 4.78 is 19.0. The minimum absolute atomic E-state index is 0.0192. The molecule has 3 N–H and O–H groups in total. The smallest absolute Gasteiger partial charge is 0.224 e. The predicted molar refractivity (Wildman–Crippen MR) is 92.4 cm³/mol. The lowest BCUT2D eigenvalue weighted by atomic mass is 9.95. The van der Waals surface area contributed by atoms with Gasteiger partial charge in [0.25, 0.3) is 0 Å². The van der Waals surface area contributed by atoms with E-state index in [0.717, 1.165) is 24.8 Å². The highest BCUT2D eigenvalue weighted by atomic mass is 19.1. The number of halogens is 1. The first kappa shape index (κ1) is 17.4. The van der Waals surface area contributed by atoms with Crippen molar-refractivity contribution in [2.75, 3.05) is 6.54 Å². The number of benzene rings is 1. The lowest BCUT2D eigenvalue weighted by molar-refractivity contribution is -0.126. The molecule has 0 saturated heterocycles. The van der Waals surface area contributed by atoms with Crippen LogP contribution in [0.5, 0.6) is 11.6 Å². The second kappa shape index (κ2) is 8.07. The molecule has 5 nitrogen and oxygen atoms in total. The number of rotatable bonds is 6. The number of hydrogen-bond donors (Lipinski definition) is 2. The number of ether oxygens (including phenoxy) is 1. The van der Waals surface area contributed by atoms with E-state index in [1.807, 2.05) is 6.07 Å². The van der Waals surface area contributed by atoms with Crippen molar-refractivity contribution in [1.29, 1.82) is 0 Å². The summed E-state index contributed by atoms with van der Waals surface area (Å²) in [7, 11) is 0. The van der Waals surface area contributed by atoms with Crippen molar-refractivity contribution < 1.29 is 13.9 Å². The highest BCUT2D eigenvalue weighted by Gasteiger charge is 2.31. The minimum Gasteiger partial charge on any atom is -0.439 e. The van der Waals surface area contributed by atoms with E-state index < -0.39 is 0 Å². The molecular formula is C19H22FN3O2. The molecule has 1 aromatic carbocycles. The van der Waals surface area contributed by atoms with Gasteiger partial charge in [0.05, 0.1) is 0 Å². The predicted octanol–water partition coefficient (Wildman–Crippen LogP) is 3.00. The first-order chi connectivity index (χ1) is 12.2. The standard InChI is InChI=1S/C19H22FN3O2/c20-15-6-2-7-16(10-15)25-19-14(5-3-9-22-19)12-23-18(24)17-8-1-4-13(17)11-21/h2-3,5-7,9-10,13,17H,1,4,8,11-12,21H2,(H,23,24)/t13-,17-/m1/s1. The van der Waals surface area contributed by atoms with Gasteiger partial charge in [0.15, 0.2) is 0 Å². The van der Waals surface area contributed by atoms with E-state index in [1.54, 1.807) is 24.4 Å². The maximum Gasteiger partial charge on any atom is 0.224 e. The Morgan fingerprint density at radius 2 is 2.20 bits per heavy atom. The Labute approximate surface area is 146 Å². The van der Waals surface area contributed by atoms with Crippen molar-refractivity contribution in [3.05, 3.63) is 54.0 Å². The van der Waals surface area contributed by atoms with Crippen LogP contribution in [0.1, 0.15) is 24.8 Å². The van der Waals surface area contributed by atoms with Crippen LogP contribution in [0.2, 0.25) is 0 Å². The van der Waals surface area contributed by atoms with E-state index in [2.05, 4.69) is 10.3 Å². The molecule has 1 heterocycles. The molecule has 1 aliphatic carbocycles. The third kappa shape index (κ3) is 4.33. The number of nitrogens with one attached hydrogen (secondary N) is 1. The Kier molecular flexibility index (Phi) is 5.60. The fourth-order valence-electron chi connectivity index (χ4n) is 3.27. The summed E-state index contributed by atoms with van der Waals surface area (Å²) >= 11 is 0. The highest BCUT2D eigenvalue weighted by molar-refractivity contribution is 5.79. The molecule has 1 aliphatic rings. The van der Waals surface area contributed by atoms with Gasteiger partial charge >= 0.3 is 0 Å². The molecule has 0 radical (unpaired) electrons. The number of pyridine rings is 1. The zero-order valence-corrected chi connectivity index (χ0v) is 14.0. The third-order valence-corrected chi connectivity index (χ3v) is 4.61. The van der Waals surface area contributed by atoms with Gasteiger partial charge in [0.1, 0.15) is 11.6 Å². The van der Waals surface area contributed by atoms with Crippen LogP contribution in [0.4, 0.5) is 4.39 Å². The van der Waals surface area contributed by atoms with Gasteiger partial charge in [-0.25, -0.2) is 9.37 Å². The minimum atomic E-state index is -0.377. The number of carbonyl (C=O) groups is 1. The van der Waals surface area contributed by atoms with E-state index in [1.165, 1.54) is 12.1 Å². The summed E-state index contributed by atoms with van der Waals surface area (Å²) in [6.07, 6.45) is 4.53. The van der Waals surface area contributed by atoms with Crippen molar-refractivity contribution in [3.8, 4) is 11.6 Å². The van der Waals surface area contributed by atoms with Crippen LogP contribution >= 0.6 is 0 Å². The lowest BCUT2D eigenvalue weighted by Crippen LogP contribution is -2.34. The van der Waals surface area contributed by atoms with Gasteiger partial charge in [-0.2, -0.15) is 0 Å². The number of amides is 1. The van der Waals surface area contributed by atoms with E-state index in [0.29, 0.717) is 24.7 Å². The first-order valence-corrected chi connectivity index (χ1v) is 8.52. The molecule has 1 aromatic heterocycles. The van der Waals surface area contributed by atoms with Crippen molar-refractivity contribution >= 4 is 5.91 Å². The van der Waals surface area contributed by atoms with Crippen LogP contribution in [-0.2, 0) is 11.3 Å². The molecule has 1 fully saturated rings. The zero-order valence-electron chi connectivity index (χ0n) is 14.0. The summed E-state index contributed by atoms with van der Waals surface area (Å²) in [5, 5.41) is 2.95. The molecule has 2 atom stereocenters. The summed E-state index contributed by atoms with van der Waals surface area (Å²) in [4.78, 5) is 16.6. The average Bonchev–Trinajstić information content (AvgIpc) is 3.09.